The molecule has 0 bridgehead atoms. The Morgan fingerprint density at radius 2 is 2.00 bits per heavy atom. The SMILES string of the molecule is O=C(CCCOC1CCC1)c1ccc(F)cc1. The molecule has 0 amide bonds. The van der Waals surface area contributed by atoms with Gasteiger partial charge in [-0.15, -0.1) is 0 Å². The summed E-state index contributed by atoms with van der Waals surface area (Å²) in [5.41, 5.74) is 0.579. The molecule has 92 valence electrons. The maximum Gasteiger partial charge on any atom is 0.162 e. The fraction of sp³-hybridized carbons (Fsp3) is 0.500. The Labute approximate surface area is 101 Å². The van der Waals surface area contributed by atoms with Gasteiger partial charge in [0.15, 0.2) is 5.78 Å². The Kier molecular flexibility index (Phi) is 4.26. The molecule has 0 saturated heterocycles. The van der Waals surface area contributed by atoms with Crippen LogP contribution in [0.15, 0.2) is 24.3 Å². The Morgan fingerprint density at radius 1 is 1.29 bits per heavy atom. The van der Waals surface area contributed by atoms with Crippen LogP contribution in [0.5, 0.6) is 0 Å². The number of carbonyl (C=O) groups excluding carboxylic acids is 1. The summed E-state index contributed by atoms with van der Waals surface area (Å²) in [6.45, 7) is 0.650. The lowest BCUT2D eigenvalue weighted by Crippen LogP contribution is -2.22. The van der Waals surface area contributed by atoms with Gasteiger partial charge in [0.05, 0.1) is 6.10 Å². The Morgan fingerprint density at radius 3 is 2.59 bits per heavy atom. The lowest BCUT2D eigenvalue weighted by molar-refractivity contribution is 0.00103. The van der Waals surface area contributed by atoms with E-state index in [2.05, 4.69) is 0 Å². The number of hydrogen-bond acceptors (Lipinski definition) is 2. The number of halogens is 1. The van der Waals surface area contributed by atoms with Gasteiger partial charge in [-0.05, 0) is 49.9 Å². The maximum absolute atomic E-state index is 12.7. The van der Waals surface area contributed by atoms with Crippen LogP contribution in [0.2, 0.25) is 0 Å². The number of Topliss-reactive ketones (excluding diaryl/α,β-unsaturated/α-hetero) is 1. The van der Waals surface area contributed by atoms with Crippen LogP contribution >= 0.6 is 0 Å². The van der Waals surface area contributed by atoms with E-state index in [1.165, 1.54) is 30.7 Å². The van der Waals surface area contributed by atoms with Crippen LogP contribution in [0, 0.1) is 5.82 Å². The van der Waals surface area contributed by atoms with Gasteiger partial charge in [-0.2, -0.15) is 0 Å². The van der Waals surface area contributed by atoms with Crippen molar-refractivity contribution in [3.05, 3.63) is 35.6 Å². The minimum Gasteiger partial charge on any atom is -0.378 e. The molecule has 0 aliphatic heterocycles. The molecule has 0 heterocycles. The second-order valence-corrected chi connectivity index (χ2v) is 4.46. The van der Waals surface area contributed by atoms with Crippen molar-refractivity contribution < 1.29 is 13.9 Å². The molecule has 1 aliphatic rings. The lowest BCUT2D eigenvalue weighted by Gasteiger charge is -2.25. The third-order valence-electron chi connectivity index (χ3n) is 3.12. The molecule has 1 fully saturated rings. The van der Waals surface area contributed by atoms with E-state index in [0.29, 0.717) is 24.7 Å². The monoisotopic (exact) mass is 236 g/mol. The van der Waals surface area contributed by atoms with Crippen molar-refractivity contribution in [2.75, 3.05) is 6.61 Å². The highest BCUT2D eigenvalue weighted by atomic mass is 19.1. The zero-order valence-corrected chi connectivity index (χ0v) is 9.82. The first-order chi connectivity index (χ1) is 8.25. The molecular weight excluding hydrogens is 219 g/mol. The molecule has 0 unspecified atom stereocenters. The van der Waals surface area contributed by atoms with Crippen LogP contribution in [0.25, 0.3) is 0 Å². The van der Waals surface area contributed by atoms with Gasteiger partial charge in [-0.3, -0.25) is 4.79 Å². The molecular formula is C14H17FO2. The average Bonchev–Trinajstić information content (AvgIpc) is 2.27. The molecule has 1 aromatic rings. The van der Waals surface area contributed by atoms with Crippen LogP contribution in [0.4, 0.5) is 4.39 Å². The topological polar surface area (TPSA) is 26.3 Å². The van der Waals surface area contributed by atoms with Gasteiger partial charge in [-0.25, -0.2) is 4.39 Å². The summed E-state index contributed by atoms with van der Waals surface area (Å²) in [5.74, 6) is -0.253. The number of ether oxygens (including phenoxy) is 1. The summed E-state index contributed by atoms with van der Waals surface area (Å²) in [5, 5.41) is 0. The minimum absolute atomic E-state index is 0.0576. The van der Waals surface area contributed by atoms with Crippen molar-refractivity contribution >= 4 is 5.78 Å². The molecule has 2 rings (SSSR count). The average molecular weight is 236 g/mol. The Bertz CT molecular complexity index is 368. The number of hydrogen-bond donors (Lipinski definition) is 0. The van der Waals surface area contributed by atoms with E-state index in [0.717, 1.165) is 19.3 Å². The smallest absolute Gasteiger partial charge is 0.162 e. The van der Waals surface area contributed by atoms with Gasteiger partial charge < -0.3 is 4.74 Å². The van der Waals surface area contributed by atoms with E-state index in [1.807, 2.05) is 0 Å². The Hall–Kier alpha value is -1.22. The first-order valence-corrected chi connectivity index (χ1v) is 6.16. The van der Waals surface area contributed by atoms with Crippen molar-refractivity contribution in [3.8, 4) is 0 Å². The van der Waals surface area contributed by atoms with Gasteiger partial charge in [0, 0.05) is 18.6 Å². The second kappa shape index (κ2) is 5.92. The van der Waals surface area contributed by atoms with Crippen LogP contribution < -0.4 is 0 Å². The highest BCUT2D eigenvalue weighted by Crippen LogP contribution is 2.22. The van der Waals surface area contributed by atoms with Crippen molar-refractivity contribution in [1.29, 1.82) is 0 Å². The third kappa shape index (κ3) is 3.63. The molecule has 0 aromatic heterocycles. The minimum atomic E-state index is -0.310. The van der Waals surface area contributed by atoms with Gasteiger partial charge >= 0.3 is 0 Å². The summed E-state index contributed by atoms with van der Waals surface area (Å²) in [4.78, 5) is 11.7. The van der Waals surface area contributed by atoms with Gasteiger partial charge in [0.25, 0.3) is 0 Å². The molecule has 0 N–H and O–H groups in total. The zero-order valence-electron chi connectivity index (χ0n) is 9.82. The van der Waals surface area contributed by atoms with Crippen molar-refractivity contribution in [2.24, 2.45) is 0 Å². The summed E-state index contributed by atoms with van der Waals surface area (Å²) in [6.07, 6.45) is 5.22. The second-order valence-electron chi connectivity index (χ2n) is 4.46. The summed E-state index contributed by atoms with van der Waals surface area (Å²) in [6, 6.07) is 5.70. The predicted molar refractivity (Wildman–Crippen MR) is 63.6 cm³/mol. The highest BCUT2D eigenvalue weighted by molar-refractivity contribution is 5.95. The summed E-state index contributed by atoms with van der Waals surface area (Å²) < 4.78 is 18.2. The fourth-order valence-electron chi connectivity index (χ4n) is 1.80. The molecule has 2 nitrogen and oxygen atoms in total. The largest absolute Gasteiger partial charge is 0.378 e. The lowest BCUT2D eigenvalue weighted by atomic mass is 9.96. The molecule has 0 radical (unpaired) electrons. The number of carbonyl (C=O) groups is 1. The quantitative estimate of drug-likeness (QED) is 0.559. The van der Waals surface area contributed by atoms with E-state index in [-0.39, 0.29) is 11.6 Å². The molecule has 1 aliphatic carbocycles. The number of benzene rings is 1. The molecule has 1 aromatic carbocycles. The molecule has 3 heteroatoms. The normalized spacial score (nSPS) is 15.6. The van der Waals surface area contributed by atoms with Gasteiger partial charge in [0.1, 0.15) is 5.82 Å². The van der Waals surface area contributed by atoms with Crippen molar-refractivity contribution in [2.45, 2.75) is 38.2 Å². The van der Waals surface area contributed by atoms with Crippen LogP contribution in [0.1, 0.15) is 42.5 Å². The predicted octanol–water partition coefficient (Wildman–Crippen LogP) is 3.36. The first-order valence-electron chi connectivity index (χ1n) is 6.16. The van der Waals surface area contributed by atoms with E-state index in [1.54, 1.807) is 0 Å². The third-order valence-corrected chi connectivity index (χ3v) is 3.12. The van der Waals surface area contributed by atoms with E-state index in [4.69, 9.17) is 4.74 Å². The van der Waals surface area contributed by atoms with Gasteiger partial charge in [-0.1, -0.05) is 0 Å². The molecule has 17 heavy (non-hydrogen) atoms. The molecule has 0 spiro atoms. The maximum atomic E-state index is 12.7. The number of rotatable bonds is 6. The summed E-state index contributed by atoms with van der Waals surface area (Å²) >= 11 is 0. The standard InChI is InChI=1S/C14H17FO2/c15-12-8-6-11(7-9-12)14(16)5-2-10-17-13-3-1-4-13/h6-9,13H,1-5,10H2. The van der Waals surface area contributed by atoms with E-state index >= 15 is 0 Å². The molecule has 1 saturated carbocycles. The van der Waals surface area contributed by atoms with Crippen LogP contribution in [0.3, 0.4) is 0 Å². The van der Waals surface area contributed by atoms with E-state index < -0.39 is 0 Å². The van der Waals surface area contributed by atoms with Crippen molar-refractivity contribution in [1.82, 2.24) is 0 Å². The molecule has 0 atom stereocenters. The Balaban J connectivity index is 1.67. The van der Waals surface area contributed by atoms with Crippen molar-refractivity contribution in [3.63, 3.8) is 0 Å². The first kappa shape index (κ1) is 12.2. The van der Waals surface area contributed by atoms with E-state index in [9.17, 15) is 9.18 Å². The fourth-order valence-corrected chi connectivity index (χ4v) is 1.80. The zero-order chi connectivity index (χ0) is 12.1. The highest BCUT2D eigenvalue weighted by Gasteiger charge is 2.17. The summed E-state index contributed by atoms with van der Waals surface area (Å²) in [7, 11) is 0. The van der Waals surface area contributed by atoms with Crippen LogP contribution in [-0.4, -0.2) is 18.5 Å². The van der Waals surface area contributed by atoms with Gasteiger partial charge in [0.2, 0.25) is 0 Å². The number of ketones is 1. The van der Waals surface area contributed by atoms with Crippen LogP contribution in [-0.2, 0) is 4.74 Å².